The average molecular weight is 371 g/mol. The second-order valence-electron chi connectivity index (χ2n) is 6.89. The van der Waals surface area contributed by atoms with Crippen LogP contribution in [-0.2, 0) is 11.3 Å². The van der Waals surface area contributed by atoms with Gasteiger partial charge in [-0.3, -0.25) is 9.59 Å². The Hall–Kier alpha value is -3.40. The van der Waals surface area contributed by atoms with Crippen LogP contribution in [0.4, 0.5) is 0 Å². The van der Waals surface area contributed by atoms with Gasteiger partial charge in [0.25, 0.3) is 0 Å². The third-order valence-corrected chi connectivity index (χ3v) is 5.07. The Balaban J connectivity index is 1.92. The van der Waals surface area contributed by atoms with Gasteiger partial charge in [0, 0.05) is 46.4 Å². The zero-order valence-electron chi connectivity index (χ0n) is 16.2. The van der Waals surface area contributed by atoms with Gasteiger partial charge in [0.15, 0.2) is 5.78 Å². The number of carbonyl (C=O) groups is 2. The number of nitrogens with zero attached hydrogens (tertiary/aromatic N) is 1. The van der Waals surface area contributed by atoms with Crippen molar-refractivity contribution in [1.82, 2.24) is 4.57 Å². The number of carbonyl (C=O) groups excluding carboxylic acids is 2. The maximum atomic E-state index is 13.1. The van der Waals surface area contributed by atoms with E-state index in [1.165, 1.54) is 6.92 Å². The third kappa shape index (κ3) is 2.97. The number of fused-ring (bicyclic) bond motifs is 3. The van der Waals surface area contributed by atoms with E-state index in [4.69, 9.17) is 4.74 Å². The molecule has 0 fully saturated rings. The lowest BCUT2D eigenvalue weighted by atomic mass is 9.98. The first kappa shape index (κ1) is 18.0. The molecule has 4 heteroatoms. The van der Waals surface area contributed by atoms with Crippen LogP contribution in [-0.4, -0.2) is 16.3 Å². The van der Waals surface area contributed by atoms with Gasteiger partial charge in [-0.2, -0.15) is 0 Å². The highest BCUT2D eigenvalue weighted by atomic mass is 16.5. The molecule has 3 aromatic carbocycles. The Morgan fingerprint density at radius 3 is 2.29 bits per heavy atom. The minimum absolute atomic E-state index is 0.00791. The number of ether oxygens (including phenoxy) is 1. The summed E-state index contributed by atoms with van der Waals surface area (Å²) in [5, 5.41) is 1.94. The average Bonchev–Trinajstić information content (AvgIpc) is 2.99. The number of aromatic nitrogens is 1. The standard InChI is InChI=1S/C24H21NO3/c1-4-25-22-11-9-17(24(27)19-8-6-5-7-15(19)2)13-20(22)21-14-18(28-16(3)26)10-12-23(21)25/h5-14H,4H2,1-3H3. The molecule has 0 amide bonds. The van der Waals surface area contributed by atoms with Crippen molar-refractivity contribution < 1.29 is 14.3 Å². The van der Waals surface area contributed by atoms with Crippen molar-refractivity contribution in [2.24, 2.45) is 0 Å². The number of aryl methyl sites for hydroxylation is 2. The predicted molar refractivity (Wildman–Crippen MR) is 111 cm³/mol. The molecule has 0 aliphatic carbocycles. The molecule has 28 heavy (non-hydrogen) atoms. The first-order chi connectivity index (χ1) is 13.5. The van der Waals surface area contributed by atoms with Gasteiger partial charge in [-0.25, -0.2) is 0 Å². The molecule has 0 radical (unpaired) electrons. The van der Waals surface area contributed by atoms with Crippen LogP contribution in [0.25, 0.3) is 21.8 Å². The summed E-state index contributed by atoms with van der Waals surface area (Å²) in [7, 11) is 0. The minimum Gasteiger partial charge on any atom is -0.427 e. The number of rotatable bonds is 4. The molecule has 0 N–H and O–H groups in total. The van der Waals surface area contributed by atoms with Gasteiger partial charge in [0.05, 0.1) is 0 Å². The summed E-state index contributed by atoms with van der Waals surface area (Å²) in [6.07, 6.45) is 0. The summed E-state index contributed by atoms with van der Waals surface area (Å²) < 4.78 is 7.46. The van der Waals surface area contributed by atoms with Gasteiger partial charge in [-0.15, -0.1) is 0 Å². The summed E-state index contributed by atoms with van der Waals surface area (Å²) in [6.45, 7) is 6.22. The van der Waals surface area contributed by atoms with E-state index in [1.807, 2.05) is 61.5 Å². The molecular formula is C24H21NO3. The topological polar surface area (TPSA) is 48.3 Å². The maximum absolute atomic E-state index is 13.1. The highest BCUT2D eigenvalue weighted by Crippen LogP contribution is 2.33. The molecular weight excluding hydrogens is 350 g/mol. The summed E-state index contributed by atoms with van der Waals surface area (Å²) in [4.78, 5) is 24.4. The largest absolute Gasteiger partial charge is 0.427 e. The summed E-state index contributed by atoms with van der Waals surface area (Å²) in [5.41, 5.74) is 4.42. The monoisotopic (exact) mass is 371 g/mol. The van der Waals surface area contributed by atoms with E-state index >= 15 is 0 Å². The van der Waals surface area contributed by atoms with Crippen molar-refractivity contribution in [2.75, 3.05) is 0 Å². The quantitative estimate of drug-likeness (QED) is 0.279. The molecule has 140 valence electrons. The van der Waals surface area contributed by atoms with Crippen molar-refractivity contribution in [3.8, 4) is 5.75 Å². The fraction of sp³-hybridized carbons (Fsp3) is 0.167. The molecule has 0 saturated carbocycles. The van der Waals surface area contributed by atoms with Crippen molar-refractivity contribution in [3.05, 3.63) is 77.4 Å². The number of benzene rings is 3. The summed E-state index contributed by atoms with van der Waals surface area (Å²) in [6, 6.07) is 19.1. The predicted octanol–water partition coefficient (Wildman–Crippen LogP) is 5.28. The lowest BCUT2D eigenvalue weighted by molar-refractivity contribution is -0.131. The van der Waals surface area contributed by atoms with E-state index in [0.717, 1.165) is 33.9 Å². The number of ketones is 1. The first-order valence-electron chi connectivity index (χ1n) is 9.34. The molecule has 0 aliphatic heterocycles. The molecule has 0 aliphatic rings. The van der Waals surface area contributed by atoms with Crippen LogP contribution in [0.1, 0.15) is 35.3 Å². The smallest absolute Gasteiger partial charge is 0.308 e. The van der Waals surface area contributed by atoms with Gasteiger partial charge in [0.2, 0.25) is 0 Å². The first-order valence-corrected chi connectivity index (χ1v) is 9.34. The highest BCUT2D eigenvalue weighted by molar-refractivity contribution is 6.15. The van der Waals surface area contributed by atoms with Crippen LogP contribution >= 0.6 is 0 Å². The maximum Gasteiger partial charge on any atom is 0.308 e. The Bertz CT molecular complexity index is 1230. The number of hydrogen-bond acceptors (Lipinski definition) is 3. The van der Waals surface area contributed by atoms with Crippen LogP contribution in [0.2, 0.25) is 0 Å². The Morgan fingerprint density at radius 1 is 0.929 bits per heavy atom. The molecule has 1 heterocycles. The zero-order chi connectivity index (χ0) is 19.8. The van der Waals surface area contributed by atoms with E-state index in [2.05, 4.69) is 11.5 Å². The summed E-state index contributed by atoms with van der Waals surface area (Å²) in [5.74, 6) is 0.160. The molecule has 0 spiro atoms. The van der Waals surface area contributed by atoms with Crippen LogP contribution in [0.5, 0.6) is 5.75 Å². The van der Waals surface area contributed by atoms with Gasteiger partial charge >= 0.3 is 5.97 Å². The fourth-order valence-electron chi connectivity index (χ4n) is 3.78. The van der Waals surface area contributed by atoms with Crippen molar-refractivity contribution in [1.29, 1.82) is 0 Å². The molecule has 4 rings (SSSR count). The second kappa shape index (κ2) is 6.97. The van der Waals surface area contributed by atoms with Crippen LogP contribution in [0.15, 0.2) is 60.7 Å². The minimum atomic E-state index is -0.353. The van der Waals surface area contributed by atoms with Crippen LogP contribution in [0, 0.1) is 6.92 Å². The molecule has 4 aromatic rings. The fourth-order valence-corrected chi connectivity index (χ4v) is 3.78. The SMILES string of the molecule is CCn1c2ccc(OC(C)=O)cc2c2cc(C(=O)c3ccccc3C)ccc21. The lowest BCUT2D eigenvalue weighted by Crippen LogP contribution is -2.03. The molecule has 0 bridgehead atoms. The normalized spacial score (nSPS) is 11.1. The lowest BCUT2D eigenvalue weighted by Gasteiger charge is -2.06. The van der Waals surface area contributed by atoms with Crippen LogP contribution < -0.4 is 4.74 Å². The Morgan fingerprint density at radius 2 is 1.61 bits per heavy atom. The van der Waals surface area contributed by atoms with E-state index in [1.54, 1.807) is 6.07 Å². The van der Waals surface area contributed by atoms with Gasteiger partial charge < -0.3 is 9.30 Å². The van der Waals surface area contributed by atoms with E-state index in [0.29, 0.717) is 16.9 Å². The van der Waals surface area contributed by atoms with Crippen molar-refractivity contribution in [2.45, 2.75) is 27.3 Å². The summed E-state index contributed by atoms with van der Waals surface area (Å²) >= 11 is 0. The van der Waals surface area contributed by atoms with Crippen LogP contribution in [0.3, 0.4) is 0 Å². The van der Waals surface area contributed by atoms with Crippen molar-refractivity contribution in [3.63, 3.8) is 0 Å². The van der Waals surface area contributed by atoms with E-state index in [9.17, 15) is 9.59 Å². The van der Waals surface area contributed by atoms with E-state index < -0.39 is 0 Å². The molecule has 0 saturated heterocycles. The van der Waals surface area contributed by atoms with Gasteiger partial charge in [-0.1, -0.05) is 24.3 Å². The second-order valence-corrected chi connectivity index (χ2v) is 6.89. The Kier molecular flexibility index (Phi) is 4.47. The molecule has 1 aromatic heterocycles. The number of esters is 1. The van der Waals surface area contributed by atoms with Crippen molar-refractivity contribution >= 4 is 33.6 Å². The zero-order valence-corrected chi connectivity index (χ0v) is 16.2. The van der Waals surface area contributed by atoms with E-state index in [-0.39, 0.29) is 11.8 Å². The Labute approximate surface area is 163 Å². The molecule has 4 nitrogen and oxygen atoms in total. The molecule has 0 atom stereocenters. The highest BCUT2D eigenvalue weighted by Gasteiger charge is 2.16. The van der Waals surface area contributed by atoms with Gasteiger partial charge in [0.1, 0.15) is 5.75 Å². The molecule has 0 unspecified atom stereocenters. The van der Waals surface area contributed by atoms with Gasteiger partial charge in [-0.05, 0) is 55.8 Å². The number of hydrogen-bond donors (Lipinski definition) is 0. The third-order valence-electron chi connectivity index (χ3n) is 5.07.